The van der Waals surface area contributed by atoms with Crippen molar-refractivity contribution in [1.29, 1.82) is 0 Å². The van der Waals surface area contributed by atoms with Crippen molar-refractivity contribution < 1.29 is 19.1 Å². The van der Waals surface area contributed by atoms with Crippen LogP contribution in [0.3, 0.4) is 0 Å². The lowest BCUT2D eigenvalue weighted by molar-refractivity contribution is 0.0583. The summed E-state index contributed by atoms with van der Waals surface area (Å²) in [4.78, 5) is 43.8. The molecule has 194 valence electrons. The molecule has 0 aromatic carbocycles. The molecule has 4 aromatic rings. The fourth-order valence-electron chi connectivity index (χ4n) is 3.59. The van der Waals surface area contributed by atoms with E-state index in [0.29, 0.717) is 22.8 Å². The van der Waals surface area contributed by atoms with E-state index in [-0.39, 0.29) is 22.6 Å². The van der Waals surface area contributed by atoms with Crippen molar-refractivity contribution in [2.24, 2.45) is 7.05 Å². The van der Waals surface area contributed by atoms with E-state index < -0.39 is 17.7 Å². The van der Waals surface area contributed by atoms with Gasteiger partial charge in [-0.15, -0.1) is 0 Å². The lowest BCUT2D eigenvalue weighted by atomic mass is 10.2. The van der Waals surface area contributed by atoms with Gasteiger partial charge in [0.15, 0.2) is 5.65 Å². The topological polar surface area (TPSA) is 138 Å². The molecule has 0 aliphatic carbocycles. The Morgan fingerprint density at radius 2 is 1.84 bits per heavy atom. The summed E-state index contributed by atoms with van der Waals surface area (Å²) in [5, 5.41) is 11.5. The SMILES string of the molecule is COC(=O)c1cnn2c(N(C)C(=O)OC(C)(C)C)cc(Nc3cc(C)c(=O)n(-c4cnn(C)c4)c3)nc12. The van der Waals surface area contributed by atoms with Gasteiger partial charge in [0.05, 0.1) is 30.9 Å². The van der Waals surface area contributed by atoms with Gasteiger partial charge in [0.1, 0.15) is 22.8 Å². The highest BCUT2D eigenvalue weighted by Crippen LogP contribution is 2.26. The van der Waals surface area contributed by atoms with Gasteiger partial charge in [-0.2, -0.15) is 14.7 Å². The second-order valence-electron chi connectivity index (χ2n) is 9.41. The number of esters is 1. The standard InChI is InChI=1S/C24H28N8O5/c1-14-8-15(12-31(21(14)33)16-10-25-29(5)13-16)27-18-9-19(30(6)23(35)37-24(2,3)4)32-20(28-18)17(11-26-32)22(34)36-7/h8-13H,1-7H3,(H,27,28). The first-order valence-electron chi connectivity index (χ1n) is 11.3. The third kappa shape index (κ3) is 5.15. The third-order valence-corrected chi connectivity index (χ3v) is 5.31. The summed E-state index contributed by atoms with van der Waals surface area (Å²) in [7, 11) is 4.54. The average molecular weight is 509 g/mol. The molecule has 4 heterocycles. The van der Waals surface area contributed by atoms with E-state index in [1.54, 1.807) is 70.1 Å². The molecule has 4 rings (SSSR count). The second-order valence-corrected chi connectivity index (χ2v) is 9.41. The Bertz CT molecular complexity index is 1560. The predicted octanol–water partition coefficient (Wildman–Crippen LogP) is 2.82. The van der Waals surface area contributed by atoms with E-state index in [9.17, 15) is 14.4 Å². The normalized spacial score (nSPS) is 11.4. The molecule has 0 atom stereocenters. The maximum absolute atomic E-state index is 12.8. The fourth-order valence-corrected chi connectivity index (χ4v) is 3.59. The van der Waals surface area contributed by atoms with Gasteiger partial charge in [-0.25, -0.2) is 14.6 Å². The van der Waals surface area contributed by atoms with E-state index >= 15 is 0 Å². The minimum Gasteiger partial charge on any atom is -0.465 e. The Labute approximate surface area is 212 Å². The molecule has 0 radical (unpaired) electrons. The molecule has 4 aromatic heterocycles. The van der Waals surface area contributed by atoms with Crippen molar-refractivity contribution in [2.45, 2.75) is 33.3 Å². The number of ether oxygens (including phenoxy) is 2. The van der Waals surface area contributed by atoms with Gasteiger partial charge in [-0.1, -0.05) is 0 Å². The van der Waals surface area contributed by atoms with Crippen molar-refractivity contribution in [2.75, 3.05) is 24.4 Å². The molecule has 0 bridgehead atoms. The van der Waals surface area contributed by atoms with Crippen molar-refractivity contribution >= 4 is 35.0 Å². The van der Waals surface area contributed by atoms with Crippen LogP contribution in [0.25, 0.3) is 11.3 Å². The number of nitrogens with zero attached hydrogens (tertiary/aromatic N) is 7. The van der Waals surface area contributed by atoms with Gasteiger partial charge in [0, 0.05) is 38.1 Å². The quantitative estimate of drug-likeness (QED) is 0.403. The molecule has 0 saturated heterocycles. The number of nitrogens with one attached hydrogen (secondary N) is 1. The van der Waals surface area contributed by atoms with Crippen LogP contribution in [0.15, 0.2) is 41.7 Å². The number of carbonyl (C=O) groups excluding carboxylic acids is 2. The summed E-state index contributed by atoms with van der Waals surface area (Å²) in [5.41, 5.74) is 0.981. The summed E-state index contributed by atoms with van der Waals surface area (Å²) in [6.45, 7) is 6.98. The summed E-state index contributed by atoms with van der Waals surface area (Å²) in [6, 6.07) is 3.26. The molecule has 13 nitrogen and oxygen atoms in total. The highest BCUT2D eigenvalue weighted by molar-refractivity contribution is 5.97. The number of rotatable bonds is 5. The second kappa shape index (κ2) is 9.41. The first-order chi connectivity index (χ1) is 17.4. The van der Waals surface area contributed by atoms with Crippen LogP contribution >= 0.6 is 0 Å². The van der Waals surface area contributed by atoms with Crippen molar-refractivity contribution in [3.05, 3.63) is 58.4 Å². The van der Waals surface area contributed by atoms with Crippen LogP contribution in [0.5, 0.6) is 0 Å². The Morgan fingerprint density at radius 3 is 2.46 bits per heavy atom. The molecule has 37 heavy (non-hydrogen) atoms. The number of hydrogen-bond acceptors (Lipinski definition) is 9. The van der Waals surface area contributed by atoms with Crippen molar-refractivity contribution in [1.82, 2.24) is 28.9 Å². The molecule has 0 aliphatic rings. The monoisotopic (exact) mass is 508 g/mol. The molecule has 0 fully saturated rings. The number of amides is 1. The molecule has 1 amide bonds. The molecule has 0 aliphatic heterocycles. The number of fused-ring (bicyclic) bond motifs is 1. The largest absolute Gasteiger partial charge is 0.465 e. The highest BCUT2D eigenvalue weighted by atomic mass is 16.6. The van der Waals surface area contributed by atoms with E-state index in [0.717, 1.165) is 0 Å². The van der Waals surface area contributed by atoms with Crippen molar-refractivity contribution in [3.8, 4) is 5.69 Å². The number of hydrogen-bond donors (Lipinski definition) is 1. The molecular weight excluding hydrogens is 480 g/mol. The van der Waals surface area contributed by atoms with Crippen LogP contribution in [0, 0.1) is 6.92 Å². The summed E-state index contributed by atoms with van der Waals surface area (Å²) >= 11 is 0. The number of carbonyl (C=O) groups is 2. The molecule has 0 saturated carbocycles. The first kappa shape index (κ1) is 25.4. The molecule has 1 N–H and O–H groups in total. The van der Waals surface area contributed by atoms with Gasteiger partial charge in [0.2, 0.25) is 0 Å². The summed E-state index contributed by atoms with van der Waals surface area (Å²) < 4.78 is 14.8. The van der Waals surface area contributed by atoms with Crippen LogP contribution < -0.4 is 15.8 Å². The van der Waals surface area contributed by atoms with Crippen LogP contribution in [-0.2, 0) is 16.5 Å². The zero-order valence-electron chi connectivity index (χ0n) is 21.6. The van der Waals surface area contributed by atoms with Gasteiger partial charge in [-0.3, -0.25) is 18.9 Å². The smallest absolute Gasteiger partial charge is 0.415 e. The van der Waals surface area contributed by atoms with Crippen LogP contribution in [-0.4, -0.2) is 60.8 Å². The van der Waals surface area contributed by atoms with E-state index in [4.69, 9.17) is 9.47 Å². The zero-order chi connectivity index (χ0) is 27.1. The molecule has 0 unspecified atom stereocenters. The number of methoxy groups -OCH3 is 1. The Morgan fingerprint density at radius 1 is 1.11 bits per heavy atom. The summed E-state index contributed by atoms with van der Waals surface area (Å²) in [5.74, 6) is -0.0555. The maximum Gasteiger partial charge on any atom is 0.415 e. The number of anilines is 3. The number of pyridine rings is 1. The Hall–Kier alpha value is -4.68. The third-order valence-electron chi connectivity index (χ3n) is 5.31. The Kier molecular flexibility index (Phi) is 6.46. The van der Waals surface area contributed by atoms with Gasteiger partial charge in [0.25, 0.3) is 5.56 Å². The van der Waals surface area contributed by atoms with Crippen LogP contribution in [0.2, 0.25) is 0 Å². The first-order valence-corrected chi connectivity index (χ1v) is 11.3. The van der Waals surface area contributed by atoms with Crippen molar-refractivity contribution in [3.63, 3.8) is 0 Å². The lowest BCUT2D eigenvalue weighted by Gasteiger charge is -2.25. The minimum atomic E-state index is -0.725. The highest BCUT2D eigenvalue weighted by Gasteiger charge is 2.25. The molecular formula is C24H28N8O5. The minimum absolute atomic E-state index is 0.112. The molecule has 13 heteroatoms. The van der Waals surface area contributed by atoms with Crippen LogP contribution in [0.1, 0.15) is 36.7 Å². The van der Waals surface area contributed by atoms with E-state index in [2.05, 4.69) is 20.5 Å². The average Bonchev–Trinajstić information content (AvgIpc) is 3.45. The zero-order valence-corrected chi connectivity index (χ0v) is 21.6. The van der Waals surface area contributed by atoms with Crippen LogP contribution in [0.4, 0.5) is 22.1 Å². The maximum atomic E-state index is 12.8. The van der Waals surface area contributed by atoms with E-state index in [1.165, 1.54) is 34.3 Å². The summed E-state index contributed by atoms with van der Waals surface area (Å²) in [6.07, 6.45) is 5.61. The lowest BCUT2D eigenvalue weighted by Crippen LogP contribution is -2.35. The number of aryl methyl sites for hydroxylation is 2. The Balaban J connectivity index is 1.82. The van der Waals surface area contributed by atoms with E-state index in [1.807, 2.05) is 0 Å². The van der Waals surface area contributed by atoms with Gasteiger partial charge < -0.3 is 14.8 Å². The fraction of sp³-hybridized carbons (Fsp3) is 0.333. The van der Waals surface area contributed by atoms with Gasteiger partial charge >= 0.3 is 12.1 Å². The predicted molar refractivity (Wildman–Crippen MR) is 136 cm³/mol. The molecule has 0 spiro atoms. The van der Waals surface area contributed by atoms with Gasteiger partial charge in [-0.05, 0) is 33.8 Å². The number of aromatic nitrogens is 6.